The highest BCUT2D eigenvalue weighted by atomic mass is 16.1. The molecular formula is C19H24N8O. The van der Waals surface area contributed by atoms with E-state index in [0.717, 1.165) is 29.0 Å². The average Bonchev–Trinajstić information content (AvgIpc) is 3.28. The third-order valence-electron chi connectivity index (χ3n) is 3.66. The van der Waals surface area contributed by atoms with Gasteiger partial charge in [0, 0.05) is 38.6 Å². The van der Waals surface area contributed by atoms with Crippen LogP contribution < -0.4 is 16.0 Å². The number of nitrogens with one attached hydrogen (secondary N) is 3. The molecule has 0 aliphatic carbocycles. The van der Waals surface area contributed by atoms with Crippen LogP contribution in [-0.4, -0.2) is 52.8 Å². The molecule has 9 nitrogen and oxygen atoms in total. The standard InChI is InChI=1S/C16H17N7.C3H7NO/c1-17-16(18-2)22-14-6-5-12(13-4-3-7-19-9-13)8-15(14)23-11-20-10-21-23;1-2-4-3-5/h3-11H,1-2H3,(H2,17,18,22);3H,2H2,1H3,(H,4,5). The van der Waals surface area contributed by atoms with Crippen LogP contribution in [0.1, 0.15) is 6.92 Å². The predicted octanol–water partition coefficient (Wildman–Crippen LogP) is 1.70. The van der Waals surface area contributed by atoms with Crippen LogP contribution in [0.3, 0.4) is 0 Å². The smallest absolute Gasteiger partial charge is 0.207 e. The number of nitrogens with zero attached hydrogens (tertiary/aromatic N) is 5. The van der Waals surface area contributed by atoms with Crippen molar-refractivity contribution in [2.75, 3.05) is 26.0 Å². The molecule has 2 heterocycles. The van der Waals surface area contributed by atoms with Gasteiger partial charge in [0.05, 0.1) is 11.4 Å². The molecule has 1 amide bonds. The Kier molecular flexibility index (Phi) is 8.13. The third kappa shape index (κ3) is 5.63. The van der Waals surface area contributed by atoms with E-state index >= 15 is 0 Å². The zero-order chi connectivity index (χ0) is 20.2. The first kappa shape index (κ1) is 20.6. The summed E-state index contributed by atoms with van der Waals surface area (Å²) >= 11 is 0. The van der Waals surface area contributed by atoms with Gasteiger partial charge >= 0.3 is 0 Å². The molecular weight excluding hydrogens is 356 g/mol. The number of amides is 1. The molecule has 2 aromatic heterocycles. The number of carbonyl (C=O) groups excluding carboxylic acids is 1. The van der Waals surface area contributed by atoms with Gasteiger partial charge in [-0.1, -0.05) is 12.1 Å². The molecule has 0 aliphatic heterocycles. The van der Waals surface area contributed by atoms with E-state index in [1.54, 1.807) is 24.3 Å². The Morgan fingerprint density at radius 1 is 1.25 bits per heavy atom. The van der Waals surface area contributed by atoms with Gasteiger partial charge in [-0.3, -0.25) is 14.8 Å². The number of pyridine rings is 1. The fourth-order valence-electron chi connectivity index (χ4n) is 2.31. The Hall–Kier alpha value is -3.75. The number of rotatable bonds is 5. The second-order valence-corrected chi connectivity index (χ2v) is 5.44. The van der Waals surface area contributed by atoms with Crippen LogP contribution in [0.15, 0.2) is 60.4 Å². The summed E-state index contributed by atoms with van der Waals surface area (Å²) in [7, 11) is 3.53. The molecule has 146 valence electrons. The lowest BCUT2D eigenvalue weighted by Gasteiger charge is -2.14. The highest BCUT2D eigenvalue weighted by Gasteiger charge is 2.10. The lowest BCUT2D eigenvalue weighted by Crippen LogP contribution is -2.27. The second-order valence-electron chi connectivity index (χ2n) is 5.44. The SMILES string of the molecule is CCNC=O.CN=C(NC)Nc1ccc(-c2cccnc2)cc1-n1cncn1. The molecule has 1 aromatic carbocycles. The number of aromatic nitrogens is 4. The average molecular weight is 380 g/mol. The number of hydrogen-bond donors (Lipinski definition) is 3. The van der Waals surface area contributed by atoms with Crippen LogP contribution in [0.2, 0.25) is 0 Å². The van der Waals surface area contributed by atoms with Crippen molar-refractivity contribution < 1.29 is 4.79 Å². The van der Waals surface area contributed by atoms with Crippen molar-refractivity contribution in [3.8, 4) is 16.8 Å². The minimum atomic E-state index is 0.667. The van der Waals surface area contributed by atoms with Crippen molar-refractivity contribution in [3.05, 3.63) is 55.4 Å². The van der Waals surface area contributed by atoms with Crippen LogP contribution in [0.25, 0.3) is 16.8 Å². The van der Waals surface area contributed by atoms with E-state index in [2.05, 4.69) is 36.0 Å². The van der Waals surface area contributed by atoms with E-state index in [1.807, 2.05) is 50.5 Å². The molecule has 3 rings (SSSR count). The normalized spacial score (nSPS) is 10.5. The number of carbonyl (C=O) groups is 1. The first-order chi connectivity index (χ1) is 13.7. The van der Waals surface area contributed by atoms with Gasteiger partial charge in [0.15, 0.2) is 5.96 Å². The fourth-order valence-corrected chi connectivity index (χ4v) is 2.31. The Morgan fingerprint density at radius 2 is 2.11 bits per heavy atom. The maximum Gasteiger partial charge on any atom is 0.207 e. The summed E-state index contributed by atoms with van der Waals surface area (Å²) in [5, 5.41) is 12.9. The molecule has 0 bridgehead atoms. The van der Waals surface area contributed by atoms with E-state index in [4.69, 9.17) is 0 Å². The quantitative estimate of drug-likeness (QED) is 0.353. The van der Waals surface area contributed by atoms with Gasteiger partial charge in [0.1, 0.15) is 12.7 Å². The Balaban J connectivity index is 0.000000500. The zero-order valence-electron chi connectivity index (χ0n) is 16.1. The molecule has 9 heteroatoms. The largest absolute Gasteiger partial charge is 0.359 e. The summed E-state index contributed by atoms with van der Waals surface area (Å²) in [5.74, 6) is 0.667. The molecule has 0 saturated carbocycles. The molecule has 28 heavy (non-hydrogen) atoms. The Morgan fingerprint density at radius 3 is 2.64 bits per heavy atom. The van der Waals surface area contributed by atoms with Crippen LogP contribution in [0.5, 0.6) is 0 Å². The fraction of sp³-hybridized carbons (Fsp3) is 0.211. The molecule has 0 spiro atoms. The van der Waals surface area contributed by atoms with Crippen LogP contribution in [-0.2, 0) is 4.79 Å². The summed E-state index contributed by atoms with van der Waals surface area (Å²) in [4.78, 5) is 21.6. The highest BCUT2D eigenvalue weighted by molar-refractivity contribution is 5.95. The van der Waals surface area contributed by atoms with E-state index in [1.165, 1.54) is 6.33 Å². The van der Waals surface area contributed by atoms with Gasteiger partial charge in [-0.15, -0.1) is 0 Å². The molecule has 0 fully saturated rings. The van der Waals surface area contributed by atoms with Crippen molar-refractivity contribution in [1.29, 1.82) is 0 Å². The van der Waals surface area contributed by atoms with Gasteiger partial charge in [0.25, 0.3) is 0 Å². The number of guanidine groups is 1. The van der Waals surface area contributed by atoms with Gasteiger partial charge in [-0.2, -0.15) is 5.10 Å². The van der Waals surface area contributed by atoms with Gasteiger partial charge in [0.2, 0.25) is 6.41 Å². The van der Waals surface area contributed by atoms with Gasteiger partial charge < -0.3 is 16.0 Å². The summed E-state index contributed by atoms with van der Waals surface area (Å²) in [6.45, 7) is 2.60. The first-order valence-corrected chi connectivity index (χ1v) is 8.71. The Labute approximate surface area is 163 Å². The van der Waals surface area contributed by atoms with Crippen LogP contribution in [0, 0.1) is 0 Å². The maximum atomic E-state index is 9.29. The highest BCUT2D eigenvalue weighted by Crippen LogP contribution is 2.27. The van der Waals surface area contributed by atoms with Crippen molar-refractivity contribution in [1.82, 2.24) is 30.4 Å². The van der Waals surface area contributed by atoms with Crippen molar-refractivity contribution >= 4 is 18.1 Å². The van der Waals surface area contributed by atoms with Gasteiger partial charge in [-0.05, 0) is 30.7 Å². The van der Waals surface area contributed by atoms with E-state index in [-0.39, 0.29) is 0 Å². The van der Waals surface area contributed by atoms with Crippen LogP contribution >= 0.6 is 0 Å². The van der Waals surface area contributed by atoms with Crippen LogP contribution in [0.4, 0.5) is 5.69 Å². The molecule has 0 atom stereocenters. The minimum absolute atomic E-state index is 0.667. The van der Waals surface area contributed by atoms with Crippen molar-refractivity contribution in [2.45, 2.75) is 6.92 Å². The zero-order valence-corrected chi connectivity index (χ0v) is 16.1. The number of aliphatic imine (C=N–C) groups is 1. The van der Waals surface area contributed by atoms with E-state index < -0.39 is 0 Å². The molecule has 0 radical (unpaired) electrons. The van der Waals surface area contributed by atoms with Crippen molar-refractivity contribution in [2.24, 2.45) is 4.99 Å². The minimum Gasteiger partial charge on any atom is -0.359 e. The maximum absolute atomic E-state index is 9.29. The number of anilines is 1. The summed E-state index contributed by atoms with van der Waals surface area (Å²) in [6.07, 6.45) is 7.44. The van der Waals surface area contributed by atoms with Crippen molar-refractivity contribution in [3.63, 3.8) is 0 Å². The summed E-state index contributed by atoms with van der Waals surface area (Å²) in [6, 6.07) is 9.99. The first-order valence-electron chi connectivity index (χ1n) is 8.71. The third-order valence-corrected chi connectivity index (χ3v) is 3.66. The lowest BCUT2D eigenvalue weighted by atomic mass is 10.1. The molecule has 0 aliphatic rings. The van der Waals surface area contributed by atoms with E-state index in [9.17, 15) is 4.79 Å². The monoisotopic (exact) mass is 380 g/mol. The topological polar surface area (TPSA) is 109 Å². The van der Waals surface area contributed by atoms with E-state index in [0.29, 0.717) is 12.4 Å². The number of benzene rings is 1. The molecule has 0 saturated heterocycles. The lowest BCUT2D eigenvalue weighted by molar-refractivity contribution is -0.109. The predicted molar refractivity (Wildman–Crippen MR) is 110 cm³/mol. The van der Waals surface area contributed by atoms with Gasteiger partial charge in [-0.25, -0.2) is 9.67 Å². The summed E-state index contributed by atoms with van der Waals surface area (Å²) in [5.41, 5.74) is 3.84. The molecule has 3 aromatic rings. The second kappa shape index (κ2) is 11.1. The molecule has 0 unspecified atom stereocenters. The number of hydrogen-bond acceptors (Lipinski definition) is 5. The molecule has 3 N–H and O–H groups in total. The summed E-state index contributed by atoms with van der Waals surface area (Å²) < 4.78 is 1.71. The Bertz CT molecular complexity index is 878.